The lowest BCUT2D eigenvalue weighted by Gasteiger charge is -2.20. The Morgan fingerprint density at radius 2 is 1.41 bits per heavy atom. The van der Waals surface area contributed by atoms with Crippen molar-refractivity contribution in [3.63, 3.8) is 0 Å². The highest BCUT2D eigenvalue weighted by molar-refractivity contribution is 5.48. The average Bonchev–Trinajstić information content (AvgIpc) is 2.65. The van der Waals surface area contributed by atoms with Gasteiger partial charge in [0.1, 0.15) is 18.5 Å². The number of aliphatic hydroxyl groups excluding tert-OH is 2. The van der Waals surface area contributed by atoms with E-state index in [1.54, 1.807) is 6.08 Å². The molecule has 0 aromatic carbocycles. The van der Waals surface area contributed by atoms with E-state index in [1.807, 2.05) is 13.0 Å². The van der Waals surface area contributed by atoms with Crippen molar-refractivity contribution in [2.45, 2.75) is 108 Å². The first-order valence-corrected chi connectivity index (χ1v) is 10.6. The molecule has 0 radical (unpaired) electrons. The SMILES string of the molecule is CCCCCC(C(O)CC(O)C(C/C=C\CCCCCCC=O)[N+](=O)[O-])[N+](=O)[O-]. The third-order valence-electron chi connectivity index (χ3n) is 5.00. The number of hydrogen-bond donors (Lipinski definition) is 2. The van der Waals surface area contributed by atoms with Gasteiger partial charge in [-0.3, -0.25) is 20.2 Å². The fraction of sp³-hybridized carbons (Fsp3) is 0.850. The van der Waals surface area contributed by atoms with Crippen LogP contribution in [0.15, 0.2) is 12.2 Å². The van der Waals surface area contributed by atoms with Crippen molar-refractivity contribution in [3.8, 4) is 0 Å². The van der Waals surface area contributed by atoms with Gasteiger partial charge in [0.2, 0.25) is 12.1 Å². The Morgan fingerprint density at radius 1 is 0.828 bits per heavy atom. The molecule has 0 bridgehead atoms. The van der Waals surface area contributed by atoms with E-state index in [9.17, 15) is 35.2 Å². The summed E-state index contributed by atoms with van der Waals surface area (Å²) in [4.78, 5) is 31.5. The molecule has 0 amide bonds. The Bertz CT molecular complexity index is 499. The van der Waals surface area contributed by atoms with Crippen LogP contribution in [0.2, 0.25) is 0 Å². The van der Waals surface area contributed by atoms with Crippen molar-refractivity contribution < 1.29 is 24.9 Å². The van der Waals surface area contributed by atoms with E-state index in [0.29, 0.717) is 12.8 Å². The molecule has 0 aromatic rings. The van der Waals surface area contributed by atoms with Crippen molar-refractivity contribution in [1.29, 1.82) is 0 Å². The molecule has 0 rings (SSSR count). The van der Waals surface area contributed by atoms with Crippen LogP contribution >= 0.6 is 0 Å². The molecule has 0 aromatic heterocycles. The highest BCUT2D eigenvalue weighted by Gasteiger charge is 2.36. The third-order valence-corrected chi connectivity index (χ3v) is 5.00. The lowest BCUT2D eigenvalue weighted by molar-refractivity contribution is -0.543. The van der Waals surface area contributed by atoms with Crippen LogP contribution in [0.3, 0.4) is 0 Å². The summed E-state index contributed by atoms with van der Waals surface area (Å²) in [6.45, 7) is 1.96. The van der Waals surface area contributed by atoms with E-state index < -0.39 is 40.6 Å². The Balaban J connectivity index is 4.47. The minimum Gasteiger partial charge on any atom is -0.386 e. The summed E-state index contributed by atoms with van der Waals surface area (Å²) in [6.07, 6.45) is 8.62. The predicted molar refractivity (Wildman–Crippen MR) is 110 cm³/mol. The largest absolute Gasteiger partial charge is 0.386 e. The third kappa shape index (κ3) is 13.1. The van der Waals surface area contributed by atoms with Crippen LogP contribution in [-0.2, 0) is 4.79 Å². The zero-order valence-electron chi connectivity index (χ0n) is 17.4. The van der Waals surface area contributed by atoms with Crippen molar-refractivity contribution in [3.05, 3.63) is 32.4 Å². The second-order valence-corrected chi connectivity index (χ2v) is 7.44. The Hall–Kier alpha value is -1.87. The topological polar surface area (TPSA) is 144 Å². The summed E-state index contributed by atoms with van der Waals surface area (Å²) in [7, 11) is 0. The molecule has 0 saturated carbocycles. The van der Waals surface area contributed by atoms with Gasteiger partial charge in [-0.2, -0.15) is 0 Å². The molecule has 0 aliphatic heterocycles. The maximum absolute atomic E-state index is 11.3. The standard InChI is InChI=1S/C20H36N2O7/c1-2-3-10-13-17(21(26)27)19(24)16-20(25)18(22(28)29)14-11-8-6-4-5-7-9-12-15-23/h8,11,15,17-20,24-25H,2-7,9-10,12-14,16H2,1H3/b11-8-. The summed E-state index contributed by atoms with van der Waals surface area (Å²) in [5.74, 6) is 0. The maximum atomic E-state index is 11.3. The van der Waals surface area contributed by atoms with Crippen LogP contribution in [0.25, 0.3) is 0 Å². The first-order chi connectivity index (χ1) is 13.8. The van der Waals surface area contributed by atoms with Crippen molar-refractivity contribution in [2.75, 3.05) is 0 Å². The molecule has 9 nitrogen and oxygen atoms in total. The highest BCUT2D eigenvalue weighted by atomic mass is 16.6. The molecule has 9 heteroatoms. The van der Waals surface area contributed by atoms with Crippen molar-refractivity contribution in [2.24, 2.45) is 0 Å². The van der Waals surface area contributed by atoms with Gasteiger partial charge >= 0.3 is 0 Å². The minimum absolute atomic E-state index is 0.00495. The number of rotatable bonds is 19. The molecular weight excluding hydrogens is 380 g/mol. The molecule has 29 heavy (non-hydrogen) atoms. The molecular formula is C20H36N2O7. The summed E-state index contributed by atoms with van der Waals surface area (Å²) >= 11 is 0. The van der Waals surface area contributed by atoms with E-state index in [2.05, 4.69) is 0 Å². The van der Waals surface area contributed by atoms with Gasteiger partial charge in [0.15, 0.2) is 0 Å². The number of aldehydes is 1. The lowest BCUT2D eigenvalue weighted by Crippen LogP contribution is -2.41. The quantitative estimate of drug-likeness (QED) is 0.108. The van der Waals surface area contributed by atoms with Crippen LogP contribution in [0.1, 0.15) is 84.0 Å². The number of carbonyl (C=O) groups excluding carboxylic acids is 1. The fourth-order valence-corrected chi connectivity index (χ4v) is 3.18. The molecule has 0 aliphatic carbocycles. The zero-order chi connectivity index (χ0) is 22.1. The smallest absolute Gasteiger partial charge is 0.242 e. The number of nitrogens with zero attached hydrogens (tertiary/aromatic N) is 2. The second kappa shape index (κ2) is 17.0. The van der Waals surface area contributed by atoms with Crippen LogP contribution < -0.4 is 0 Å². The van der Waals surface area contributed by atoms with Gasteiger partial charge in [0, 0.05) is 35.5 Å². The van der Waals surface area contributed by atoms with Crippen molar-refractivity contribution in [1.82, 2.24) is 0 Å². The summed E-state index contributed by atoms with van der Waals surface area (Å²) in [5, 5.41) is 42.8. The number of nitro groups is 2. The molecule has 4 unspecified atom stereocenters. The molecule has 4 atom stereocenters. The van der Waals surface area contributed by atoms with Crippen LogP contribution in [0, 0.1) is 20.2 Å². The number of unbranched alkanes of at least 4 members (excludes halogenated alkanes) is 7. The van der Waals surface area contributed by atoms with E-state index >= 15 is 0 Å². The molecule has 0 fully saturated rings. The molecule has 2 N–H and O–H groups in total. The fourth-order valence-electron chi connectivity index (χ4n) is 3.18. The molecule has 0 aliphatic rings. The summed E-state index contributed by atoms with van der Waals surface area (Å²) in [5.41, 5.74) is 0. The van der Waals surface area contributed by atoms with Gasteiger partial charge < -0.3 is 15.0 Å². The average molecular weight is 417 g/mol. The number of allylic oxidation sites excluding steroid dienone is 1. The van der Waals surface area contributed by atoms with Crippen LogP contribution in [-0.4, -0.2) is 50.6 Å². The normalized spacial score (nSPS) is 15.7. The number of carbonyl (C=O) groups is 1. The van der Waals surface area contributed by atoms with Gasteiger partial charge in [0.05, 0.1) is 0 Å². The predicted octanol–water partition coefficient (Wildman–Crippen LogP) is 3.46. The second-order valence-electron chi connectivity index (χ2n) is 7.44. The monoisotopic (exact) mass is 416 g/mol. The maximum Gasteiger partial charge on any atom is 0.242 e. The van der Waals surface area contributed by atoms with E-state index in [0.717, 1.165) is 51.2 Å². The Labute approximate surface area is 172 Å². The number of aliphatic hydroxyl groups is 2. The van der Waals surface area contributed by atoms with E-state index in [-0.39, 0.29) is 12.8 Å². The van der Waals surface area contributed by atoms with E-state index in [4.69, 9.17) is 0 Å². The zero-order valence-corrected chi connectivity index (χ0v) is 17.4. The van der Waals surface area contributed by atoms with Gasteiger partial charge in [-0.15, -0.1) is 0 Å². The summed E-state index contributed by atoms with van der Waals surface area (Å²) in [6, 6.07) is -2.53. The molecule has 0 heterocycles. The summed E-state index contributed by atoms with van der Waals surface area (Å²) < 4.78 is 0. The number of hydrogen-bond acceptors (Lipinski definition) is 7. The van der Waals surface area contributed by atoms with Gasteiger partial charge in [-0.25, -0.2) is 0 Å². The highest BCUT2D eigenvalue weighted by Crippen LogP contribution is 2.18. The van der Waals surface area contributed by atoms with Crippen LogP contribution in [0.5, 0.6) is 0 Å². The molecule has 168 valence electrons. The first kappa shape index (κ1) is 27.1. The Kier molecular flexibility index (Phi) is 15.9. The van der Waals surface area contributed by atoms with Crippen LogP contribution in [0.4, 0.5) is 0 Å². The van der Waals surface area contributed by atoms with Crippen molar-refractivity contribution >= 4 is 6.29 Å². The first-order valence-electron chi connectivity index (χ1n) is 10.6. The van der Waals surface area contributed by atoms with Gasteiger partial charge in [-0.1, -0.05) is 44.8 Å². The lowest BCUT2D eigenvalue weighted by atomic mass is 9.95. The molecule has 0 spiro atoms. The minimum atomic E-state index is -1.46. The Morgan fingerprint density at radius 3 is 1.97 bits per heavy atom. The van der Waals surface area contributed by atoms with E-state index in [1.165, 1.54) is 0 Å². The molecule has 0 saturated heterocycles. The van der Waals surface area contributed by atoms with Gasteiger partial charge in [-0.05, 0) is 25.7 Å². The van der Waals surface area contributed by atoms with Gasteiger partial charge in [0.25, 0.3) is 0 Å².